The van der Waals surface area contributed by atoms with Crippen LogP contribution < -0.4 is 9.47 Å². The minimum Gasteiger partial charge on any atom is -0.490 e. The van der Waals surface area contributed by atoms with E-state index < -0.39 is 5.82 Å². The van der Waals surface area contributed by atoms with Crippen LogP contribution in [0.4, 0.5) is 4.39 Å². The van der Waals surface area contributed by atoms with Crippen molar-refractivity contribution in [2.75, 3.05) is 13.2 Å². The van der Waals surface area contributed by atoms with Crippen molar-refractivity contribution < 1.29 is 18.7 Å². The molecule has 0 spiro atoms. The molecular weight excluding hydrogens is 263 g/mol. The molecule has 5 nitrogen and oxygen atoms in total. The van der Waals surface area contributed by atoms with Gasteiger partial charge in [-0.3, -0.25) is 15.1 Å². The number of fused-ring (bicyclic) bond motifs is 1. The summed E-state index contributed by atoms with van der Waals surface area (Å²) in [6.07, 6.45) is 0. The fourth-order valence-electron chi connectivity index (χ4n) is 2.23. The Bertz CT molecular complexity index is 572. The summed E-state index contributed by atoms with van der Waals surface area (Å²) in [6, 6.07) is 1.64. The second-order valence-corrected chi connectivity index (χ2v) is 4.37. The van der Waals surface area contributed by atoms with Crippen LogP contribution >= 0.6 is 0 Å². The van der Waals surface area contributed by atoms with E-state index in [1.54, 1.807) is 19.9 Å². The predicted octanol–water partition coefficient (Wildman–Crippen LogP) is 2.31. The molecule has 6 heteroatoms. The first kappa shape index (κ1) is 14.3. The third-order valence-electron chi connectivity index (χ3n) is 3.07. The molecule has 0 unspecified atom stereocenters. The summed E-state index contributed by atoms with van der Waals surface area (Å²) in [5, 5.41) is 7.93. The Labute approximate surface area is 116 Å². The SMILES string of the molecule is CCOc1cc2c(c(F)c1OCC)C(=N)N(C(C)=O)C2. The van der Waals surface area contributed by atoms with Gasteiger partial charge < -0.3 is 9.47 Å². The van der Waals surface area contributed by atoms with E-state index in [1.807, 2.05) is 0 Å². The Morgan fingerprint density at radius 2 is 2.05 bits per heavy atom. The Balaban J connectivity index is 2.55. The van der Waals surface area contributed by atoms with Crippen LogP contribution in [0.25, 0.3) is 0 Å². The number of hydrogen-bond donors (Lipinski definition) is 1. The summed E-state index contributed by atoms with van der Waals surface area (Å²) >= 11 is 0. The van der Waals surface area contributed by atoms with Gasteiger partial charge in [0.15, 0.2) is 17.3 Å². The lowest BCUT2D eigenvalue weighted by atomic mass is 10.1. The summed E-state index contributed by atoms with van der Waals surface area (Å²) in [5.41, 5.74) is 0.682. The van der Waals surface area contributed by atoms with Crippen LogP contribution in [0.1, 0.15) is 31.9 Å². The molecule has 0 saturated carbocycles. The van der Waals surface area contributed by atoms with E-state index in [9.17, 15) is 9.18 Å². The number of benzene rings is 1. The zero-order valence-electron chi connectivity index (χ0n) is 11.7. The molecular formula is C14H17FN2O3. The average Bonchev–Trinajstić information content (AvgIpc) is 2.72. The van der Waals surface area contributed by atoms with Gasteiger partial charge in [0.25, 0.3) is 0 Å². The normalized spacial score (nSPS) is 13.4. The third kappa shape index (κ3) is 2.21. The third-order valence-corrected chi connectivity index (χ3v) is 3.07. The van der Waals surface area contributed by atoms with Crippen molar-refractivity contribution in [3.63, 3.8) is 0 Å². The molecule has 0 aromatic heterocycles. The van der Waals surface area contributed by atoms with Gasteiger partial charge in [-0.1, -0.05) is 0 Å². The Morgan fingerprint density at radius 1 is 1.40 bits per heavy atom. The second-order valence-electron chi connectivity index (χ2n) is 4.37. The lowest BCUT2D eigenvalue weighted by Gasteiger charge is -2.14. The number of amides is 1. The van der Waals surface area contributed by atoms with Gasteiger partial charge >= 0.3 is 0 Å². The van der Waals surface area contributed by atoms with Crippen molar-refractivity contribution in [2.45, 2.75) is 27.3 Å². The molecule has 1 aromatic carbocycles. The molecule has 20 heavy (non-hydrogen) atoms. The maximum atomic E-state index is 14.5. The molecule has 1 N–H and O–H groups in total. The summed E-state index contributed by atoms with van der Waals surface area (Å²) in [5.74, 6) is -0.746. The van der Waals surface area contributed by atoms with Gasteiger partial charge in [0.2, 0.25) is 5.91 Å². The quantitative estimate of drug-likeness (QED) is 0.920. The average molecular weight is 280 g/mol. The van der Waals surface area contributed by atoms with Crippen molar-refractivity contribution in [1.29, 1.82) is 5.41 Å². The maximum absolute atomic E-state index is 14.5. The Kier molecular flexibility index (Phi) is 3.92. The highest BCUT2D eigenvalue weighted by Gasteiger charge is 2.33. The first-order valence-corrected chi connectivity index (χ1v) is 6.49. The van der Waals surface area contributed by atoms with E-state index in [-0.39, 0.29) is 29.6 Å². The van der Waals surface area contributed by atoms with Crippen molar-refractivity contribution >= 4 is 11.7 Å². The van der Waals surface area contributed by atoms with Gasteiger partial charge in [-0.15, -0.1) is 0 Å². The first-order chi connectivity index (χ1) is 9.51. The van der Waals surface area contributed by atoms with Crippen LogP contribution in [-0.2, 0) is 11.3 Å². The molecule has 0 aliphatic carbocycles. The van der Waals surface area contributed by atoms with Crippen LogP contribution in [0.3, 0.4) is 0 Å². The summed E-state index contributed by atoms with van der Waals surface area (Å²) in [4.78, 5) is 12.7. The van der Waals surface area contributed by atoms with Gasteiger partial charge in [0, 0.05) is 6.92 Å². The largest absolute Gasteiger partial charge is 0.490 e. The van der Waals surface area contributed by atoms with E-state index in [1.165, 1.54) is 11.8 Å². The zero-order valence-corrected chi connectivity index (χ0v) is 11.7. The lowest BCUT2D eigenvalue weighted by Crippen LogP contribution is -2.28. The number of amidine groups is 1. The van der Waals surface area contributed by atoms with Crippen molar-refractivity contribution in [2.24, 2.45) is 0 Å². The van der Waals surface area contributed by atoms with Crippen LogP contribution in [0.2, 0.25) is 0 Å². The van der Waals surface area contributed by atoms with Crippen molar-refractivity contribution in [3.8, 4) is 11.5 Å². The number of halogens is 1. The fourth-order valence-corrected chi connectivity index (χ4v) is 2.23. The molecule has 1 aliphatic rings. The van der Waals surface area contributed by atoms with Gasteiger partial charge in [-0.2, -0.15) is 0 Å². The molecule has 108 valence electrons. The van der Waals surface area contributed by atoms with Crippen molar-refractivity contribution in [3.05, 3.63) is 23.0 Å². The van der Waals surface area contributed by atoms with E-state index in [4.69, 9.17) is 14.9 Å². The molecule has 0 atom stereocenters. The van der Waals surface area contributed by atoms with E-state index in [2.05, 4.69) is 0 Å². The first-order valence-electron chi connectivity index (χ1n) is 6.49. The van der Waals surface area contributed by atoms with Gasteiger partial charge in [0.1, 0.15) is 5.84 Å². The molecule has 2 rings (SSSR count). The monoisotopic (exact) mass is 280 g/mol. The van der Waals surface area contributed by atoms with E-state index >= 15 is 0 Å². The van der Waals surface area contributed by atoms with Gasteiger partial charge in [0.05, 0.1) is 25.3 Å². The Hall–Kier alpha value is -2.11. The minimum absolute atomic E-state index is 0.00301. The van der Waals surface area contributed by atoms with Crippen molar-refractivity contribution in [1.82, 2.24) is 4.90 Å². The molecule has 0 fully saturated rings. The smallest absolute Gasteiger partial charge is 0.225 e. The number of carbonyl (C=O) groups is 1. The number of nitrogens with zero attached hydrogens (tertiary/aromatic N) is 1. The zero-order chi connectivity index (χ0) is 14.9. The highest BCUT2D eigenvalue weighted by Crippen LogP contribution is 2.38. The predicted molar refractivity (Wildman–Crippen MR) is 71.8 cm³/mol. The lowest BCUT2D eigenvalue weighted by molar-refractivity contribution is -0.125. The molecule has 0 radical (unpaired) electrons. The number of carbonyl (C=O) groups excluding carboxylic acids is 1. The molecule has 0 bridgehead atoms. The second kappa shape index (κ2) is 5.48. The van der Waals surface area contributed by atoms with Crippen LogP contribution in [0.15, 0.2) is 6.07 Å². The minimum atomic E-state index is -0.637. The summed E-state index contributed by atoms with van der Waals surface area (Å²) in [7, 11) is 0. The van der Waals surface area contributed by atoms with Crippen LogP contribution in [0, 0.1) is 11.2 Å². The van der Waals surface area contributed by atoms with Crippen LogP contribution in [-0.4, -0.2) is 29.9 Å². The molecule has 1 heterocycles. The number of rotatable bonds is 4. The highest BCUT2D eigenvalue weighted by molar-refractivity contribution is 6.09. The molecule has 1 aliphatic heterocycles. The Morgan fingerprint density at radius 3 is 2.60 bits per heavy atom. The van der Waals surface area contributed by atoms with Gasteiger partial charge in [-0.25, -0.2) is 4.39 Å². The maximum Gasteiger partial charge on any atom is 0.225 e. The number of nitrogens with one attached hydrogen (secondary N) is 1. The summed E-state index contributed by atoms with van der Waals surface area (Å²) in [6.45, 7) is 5.75. The standard InChI is InChI=1S/C14H17FN2O3/c1-4-19-10-6-9-7-17(8(3)18)14(16)11(9)12(15)13(10)20-5-2/h6,16H,4-5,7H2,1-3H3. The molecule has 1 amide bonds. The number of hydrogen-bond acceptors (Lipinski definition) is 4. The molecule has 0 saturated heterocycles. The topological polar surface area (TPSA) is 62.6 Å². The van der Waals surface area contributed by atoms with E-state index in [0.29, 0.717) is 24.5 Å². The highest BCUT2D eigenvalue weighted by atomic mass is 19.1. The van der Waals surface area contributed by atoms with Gasteiger partial charge in [-0.05, 0) is 25.5 Å². The summed E-state index contributed by atoms with van der Waals surface area (Å²) < 4.78 is 25.2. The molecule has 1 aromatic rings. The van der Waals surface area contributed by atoms with Crippen LogP contribution in [0.5, 0.6) is 11.5 Å². The number of ether oxygens (including phenoxy) is 2. The fraction of sp³-hybridized carbons (Fsp3) is 0.429. The van der Waals surface area contributed by atoms with E-state index in [0.717, 1.165) is 0 Å².